The van der Waals surface area contributed by atoms with E-state index in [1.54, 1.807) is 0 Å². The molecule has 0 bridgehead atoms. The van der Waals surface area contributed by atoms with Crippen LogP contribution in [0.15, 0.2) is 40.7 Å². The summed E-state index contributed by atoms with van der Waals surface area (Å²) >= 11 is 0. The van der Waals surface area contributed by atoms with Crippen LogP contribution in [0.3, 0.4) is 0 Å². The predicted molar refractivity (Wildman–Crippen MR) is 77.5 cm³/mol. The average molecular weight is 340 g/mol. The van der Waals surface area contributed by atoms with Gasteiger partial charge in [0.2, 0.25) is 0 Å². The van der Waals surface area contributed by atoms with Gasteiger partial charge in [-0.25, -0.2) is 4.99 Å². The highest BCUT2D eigenvalue weighted by molar-refractivity contribution is 6.67. The SMILES string of the molecule is N=C(C(N)=Nc1cccc(C(F)(F)F)c1)/C(Cn1ncnn1)=N\O. The minimum atomic E-state index is -4.52. The smallest absolute Gasteiger partial charge is 0.411 e. The van der Waals surface area contributed by atoms with E-state index in [1.807, 2.05) is 0 Å². The molecule has 1 aromatic heterocycles. The van der Waals surface area contributed by atoms with E-state index in [1.165, 1.54) is 12.1 Å². The molecule has 126 valence electrons. The summed E-state index contributed by atoms with van der Waals surface area (Å²) in [4.78, 5) is 4.77. The van der Waals surface area contributed by atoms with Crippen LogP contribution in [0.4, 0.5) is 18.9 Å². The van der Waals surface area contributed by atoms with E-state index in [9.17, 15) is 13.2 Å². The van der Waals surface area contributed by atoms with Gasteiger partial charge in [0.1, 0.15) is 18.0 Å². The fourth-order valence-electron chi connectivity index (χ4n) is 1.65. The van der Waals surface area contributed by atoms with Crippen LogP contribution in [-0.4, -0.2) is 42.7 Å². The minimum absolute atomic E-state index is 0.0942. The number of halogens is 3. The molecule has 4 N–H and O–H groups in total. The molecular weight excluding hydrogens is 329 g/mol. The monoisotopic (exact) mass is 340 g/mol. The van der Waals surface area contributed by atoms with E-state index in [2.05, 4.69) is 25.6 Å². The molecule has 0 fully saturated rings. The summed E-state index contributed by atoms with van der Waals surface area (Å²) in [6.45, 7) is -0.214. The lowest BCUT2D eigenvalue weighted by Gasteiger charge is -2.08. The zero-order valence-electron chi connectivity index (χ0n) is 11.9. The largest absolute Gasteiger partial charge is 0.416 e. The summed E-state index contributed by atoms with van der Waals surface area (Å²) in [5, 5.41) is 30.3. The number of alkyl halides is 3. The third-order valence-corrected chi connectivity index (χ3v) is 2.77. The second-order valence-corrected chi connectivity index (χ2v) is 4.43. The molecule has 0 spiro atoms. The second kappa shape index (κ2) is 6.85. The minimum Gasteiger partial charge on any atom is -0.411 e. The first-order valence-electron chi connectivity index (χ1n) is 6.33. The standard InChI is InChI=1S/C12H11F3N8O/c13-12(14,15)7-2-1-3-8(4-7)20-11(17)10(16)9(21-24)5-23-19-6-18-22-23/h1-4,6,16,24H,5H2,(H2,17,20)/b16-10?,21-9-. The van der Waals surface area contributed by atoms with Gasteiger partial charge in [0, 0.05) is 0 Å². The lowest BCUT2D eigenvalue weighted by atomic mass is 10.2. The Hall–Kier alpha value is -3.31. The molecule has 0 saturated heterocycles. The summed E-state index contributed by atoms with van der Waals surface area (Å²) < 4.78 is 38.0. The van der Waals surface area contributed by atoms with Gasteiger partial charge in [-0.1, -0.05) is 11.2 Å². The molecule has 0 amide bonds. The Bertz CT molecular complexity index is 782. The number of rotatable bonds is 5. The summed E-state index contributed by atoms with van der Waals surface area (Å²) in [5.74, 6) is -0.428. The average Bonchev–Trinajstić information content (AvgIpc) is 3.04. The Morgan fingerprint density at radius 2 is 2.12 bits per heavy atom. The molecule has 1 aromatic carbocycles. The Labute approximate surface area is 132 Å². The van der Waals surface area contributed by atoms with Crippen LogP contribution in [0.5, 0.6) is 0 Å². The summed E-state index contributed by atoms with van der Waals surface area (Å²) in [6.07, 6.45) is -3.39. The Kier molecular flexibility index (Phi) is 4.87. The van der Waals surface area contributed by atoms with Gasteiger partial charge >= 0.3 is 6.18 Å². The Morgan fingerprint density at radius 1 is 1.38 bits per heavy atom. The quantitative estimate of drug-likeness (QED) is 0.325. The summed E-state index contributed by atoms with van der Waals surface area (Å²) in [5.41, 5.74) is 3.89. The van der Waals surface area contributed by atoms with Gasteiger partial charge in [-0.3, -0.25) is 5.41 Å². The van der Waals surface area contributed by atoms with Gasteiger partial charge in [0.25, 0.3) is 0 Å². The number of aliphatic imine (C=N–C) groups is 1. The van der Waals surface area contributed by atoms with Crippen LogP contribution in [0, 0.1) is 5.41 Å². The second-order valence-electron chi connectivity index (χ2n) is 4.43. The number of oxime groups is 1. The molecule has 0 unspecified atom stereocenters. The van der Waals surface area contributed by atoms with E-state index >= 15 is 0 Å². The third-order valence-electron chi connectivity index (χ3n) is 2.77. The number of benzene rings is 1. The molecule has 9 nitrogen and oxygen atoms in total. The molecule has 24 heavy (non-hydrogen) atoms. The summed E-state index contributed by atoms with van der Waals surface area (Å²) in [6, 6.07) is 4.13. The zero-order chi connectivity index (χ0) is 17.7. The van der Waals surface area contributed by atoms with Crippen molar-refractivity contribution in [1.82, 2.24) is 20.2 Å². The number of aromatic nitrogens is 4. The molecule has 0 atom stereocenters. The van der Waals surface area contributed by atoms with Crippen LogP contribution in [0.1, 0.15) is 5.56 Å². The Balaban J connectivity index is 2.22. The van der Waals surface area contributed by atoms with E-state index < -0.39 is 23.3 Å². The summed E-state index contributed by atoms with van der Waals surface area (Å²) in [7, 11) is 0. The fraction of sp³-hybridized carbons (Fsp3) is 0.167. The van der Waals surface area contributed by atoms with Gasteiger partial charge in [-0.15, -0.1) is 10.2 Å². The molecule has 0 aliphatic carbocycles. The van der Waals surface area contributed by atoms with Gasteiger partial charge < -0.3 is 10.9 Å². The lowest BCUT2D eigenvalue weighted by molar-refractivity contribution is -0.137. The van der Waals surface area contributed by atoms with E-state index in [4.69, 9.17) is 16.4 Å². The number of amidine groups is 1. The van der Waals surface area contributed by atoms with Crippen molar-refractivity contribution in [3.8, 4) is 0 Å². The normalized spacial score (nSPS) is 13.1. The van der Waals surface area contributed by atoms with Crippen LogP contribution >= 0.6 is 0 Å². The predicted octanol–water partition coefficient (Wildman–Crippen LogP) is 1.23. The molecule has 2 rings (SSSR count). The molecule has 0 saturated carbocycles. The van der Waals surface area contributed by atoms with Crippen LogP contribution in [0.2, 0.25) is 0 Å². The van der Waals surface area contributed by atoms with Crippen molar-refractivity contribution in [3.05, 3.63) is 36.2 Å². The topological polar surface area (TPSA) is 138 Å². The van der Waals surface area contributed by atoms with Crippen molar-refractivity contribution in [2.45, 2.75) is 12.7 Å². The van der Waals surface area contributed by atoms with Gasteiger partial charge in [0.05, 0.1) is 11.3 Å². The van der Waals surface area contributed by atoms with Crippen molar-refractivity contribution in [2.24, 2.45) is 15.9 Å². The molecule has 0 radical (unpaired) electrons. The van der Waals surface area contributed by atoms with Crippen LogP contribution < -0.4 is 5.73 Å². The van der Waals surface area contributed by atoms with Crippen molar-refractivity contribution >= 4 is 22.9 Å². The number of nitrogens with two attached hydrogens (primary N) is 1. The van der Waals surface area contributed by atoms with E-state index in [0.29, 0.717) is 0 Å². The maximum atomic E-state index is 12.7. The van der Waals surface area contributed by atoms with Gasteiger partial charge in [-0.05, 0) is 23.4 Å². The lowest BCUT2D eigenvalue weighted by Crippen LogP contribution is -2.33. The van der Waals surface area contributed by atoms with Crippen molar-refractivity contribution in [2.75, 3.05) is 0 Å². The maximum absolute atomic E-state index is 12.7. The molecule has 2 aromatic rings. The molecule has 0 aliphatic rings. The van der Waals surface area contributed by atoms with Crippen molar-refractivity contribution < 1.29 is 18.4 Å². The highest BCUT2D eigenvalue weighted by Crippen LogP contribution is 2.31. The number of tetrazole rings is 1. The van der Waals surface area contributed by atoms with Gasteiger partial charge in [0.15, 0.2) is 12.2 Å². The first kappa shape index (κ1) is 17.1. The van der Waals surface area contributed by atoms with E-state index in [-0.39, 0.29) is 17.9 Å². The number of hydrogen-bond acceptors (Lipinski definition) is 7. The van der Waals surface area contributed by atoms with Crippen molar-refractivity contribution in [1.29, 1.82) is 5.41 Å². The highest BCUT2D eigenvalue weighted by atomic mass is 19.4. The molecule has 12 heteroatoms. The first-order valence-corrected chi connectivity index (χ1v) is 6.33. The third kappa shape index (κ3) is 4.12. The molecule has 0 aliphatic heterocycles. The Morgan fingerprint density at radius 3 is 2.71 bits per heavy atom. The maximum Gasteiger partial charge on any atom is 0.416 e. The van der Waals surface area contributed by atoms with Crippen LogP contribution in [0.25, 0.3) is 0 Å². The highest BCUT2D eigenvalue weighted by Gasteiger charge is 2.30. The number of hydrogen-bond donors (Lipinski definition) is 3. The van der Waals surface area contributed by atoms with E-state index in [0.717, 1.165) is 23.3 Å². The van der Waals surface area contributed by atoms with Gasteiger partial charge in [-0.2, -0.15) is 18.0 Å². The van der Waals surface area contributed by atoms with Crippen molar-refractivity contribution in [3.63, 3.8) is 0 Å². The zero-order valence-corrected chi connectivity index (χ0v) is 11.9. The molecular formula is C12H11F3N8O. The van der Waals surface area contributed by atoms with Crippen LogP contribution in [-0.2, 0) is 12.7 Å². The first-order chi connectivity index (χ1) is 11.3. The fourth-order valence-corrected chi connectivity index (χ4v) is 1.65. The molecule has 1 heterocycles. The number of nitrogens with zero attached hydrogens (tertiary/aromatic N) is 6. The number of nitrogens with one attached hydrogen (secondary N) is 1.